The van der Waals surface area contributed by atoms with Crippen LogP contribution >= 0.6 is 0 Å². The Morgan fingerprint density at radius 1 is 1.12 bits per heavy atom. The molecule has 0 aromatic rings. The van der Waals surface area contributed by atoms with Crippen molar-refractivity contribution in [3.63, 3.8) is 0 Å². The number of hydrogen-bond donors (Lipinski definition) is 3. The molecule has 0 aliphatic heterocycles. The predicted molar refractivity (Wildman–Crippen MR) is 57.3 cm³/mol. The minimum atomic E-state index is -0.258. The van der Waals surface area contributed by atoms with Crippen LogP contribution in [0.3, 0.4) is 0 Å². The highest BCUT2D eigenvalue weighted by atomic mass is 16.5. The van der Waals surface area contributed by atoms with E-state index in [4.69, 9.17) is 15.3 Å². The van der Waals surface area contributed by atoms with Gasteiger partial charge in [0.15, 0.2) is 0 Å². The van der Waals surface area contributed by atoms with Crippen LogP contribution < -0.4 is 16.6 Å². The van der Waals surface area contributed by atoms with E-state index in [1.54, 1.807) is 0 Å². The van der Waals surface area contributed by atoms with Crippen LogP contribution in [0, 0.1) is 0 Å². The Morgan fingerprint density at radius 3 is 2.31 bits per heavy atom. The van der Waals surface area contributed by atoms with Gasteiger partial charge in [-0.15, -0.1) is 0 Å². The molecule has 0 atom stereocenters. The summed E-state index contributed by atoms with van der Waals surface area (Å²) >= 11 is 0. The van der Waals surface area contributed by atoms with Gasteiger partial charge < -0.3 is 14.8 Å². The first-order valence-electron chi connectivity index (χ1n) is 5.06. The Bertz CT molecular complexity index is 211. The van der Waals surface area contributed by atoms with Crippen molar-refractivity contribution in [2.45, 2.75) is 13.3 Å². The summed E-state index contributed by atoms with van der Waals surface area (Å²) < 4.78 is 10.3. The average molecular weight is 233 g/mol. The predicted octanol–water partition coefficient (Wildman–Crippen LogP) is -1.46. The number of hydrazine groups is 1. The molecule has 0 spiro atoms. The summed E-state index contributed by atoms with van der Waals surface area (Å²) in [6.45, 7) is 3.56. The quantitative estimate of drug-likeness (QED) is 0.195. The summed E-state index contributed by atoms with van der Waals surface area (Å²) in [5, 5.41) is 2.60. The third-order valence-electron chi connectivity index (χ3n) is 1.63. The Hall–Kier alpha value is -1.18. The maximum Gasteiger partial charge on any atom is 0.236 e. The van der Waals surface area contributed by atoms with E-state index in [0.29, 0.717) is 33.0 Å². The molecule has 2 amide bonds. The normalized spacial score (nSPS) is 9.88. The van der Waals surface area contributed by atoms with E-state index < -0.39 is 0 Å². The molecule has 4 N–H and O–H groups in total. The van der Waals surface area contributed by atoms with E-state index in [2.05, 4.69) is 5.32 Å². The van der Waals surface area contributed by atoms with Gasteiger partial charge in [0.05, 0.1) is 32.8 Å². The van der Waals surface area contributed by atoms with Crippen molar-refractivity contribution in [1.29, 1.82) is 0 Å². The lowest BCUT2D eigenvalue weighted by molar-refractivity contribution is -0.122. The van der Waals surface area contributed by atoms with Gasteiger partial charge in [-0.05, 0) is 0 Å². The summed E-state index contributed by atoms with van der Waals surface area (Å²) in [5.74, 6) is 4.54. The molecule has 7 nitrogen and oxygen atoms in total. The van der Waals surface area contributed by atoms with Crippen LogP contribution in [-0.2, 0) is 19.1 Å². The fraction of sp³-hybridized carbons (Fsp3) is 0.778. The van der Waals surface area contributed by atoms with E-state index in [-0.39, 0.29) is 18.2 Å². The molecule has 0 aromatic carbocycles. The fourth-order valence-electron chi connectivity index (χ4n) is 0.858. The smallest absolute Gasteiger partial charge is 0.236 e. The summed E-state index contributed by atoms with van der Waals surface area (Å²) in [7, 11) is 0. The summed E-state index contributed by atoms with van der Waals surface area (Å²) in [6, 6.07) is 0. The third-order valence-corrected chi connectivity index (χ3v) is 1.63. The minimum Gasteiger partial charge on any atom is -0.379 e. The lowest BCUT2D eigenvalue weighted by Crippen LogP contribution is -2.30. The summed E-state index contributed by atoms with van der Waals surface area (Å²) in [4.78, 5) is 21.1. The number of nitrogens with one attached hydrogen (secondary N) is 2. The van der Waals surface area contributed by atoms with Gasteiger partial charge in [0.1, 0.15) is 0 Å². The number of carbonyl (C=O) groups excluding carboxylic acids is 2. The highest BCUT2D eigenvalue weighted by Gasteiger charge is 1.97. The number of hydrogen-bond acceptors (Lipinski definition) is 5. The third kappa shape index (κ3) is 10.9. The molecule has 0 unspecified atom stereocenters. The molecule has 0 aliphatic rings. The first kappa shape index (κ1) is 14.8. The van der Waals surface area contributed by atoms with Crippen molar-refractivity contribution in [1.82, 2.24) is 10.7 Å². The first-order valence-corrected chi connectivity index (χ1v) is 5.06. The average Bonchev–Trinajstić information content (AvgIpc) is 2.26. The molecule has 0 saturated heterocycles. The van der Waals surface area contributed by atoms with E-state index in [1.165, 1.54) is 6.92 Å². The van der Waals surface area contributed by atoms with E-state index in [0.717, 1.165) is 0 Å². The Labute approximate surface area is 94.6 Å². The van der Waals surface area contributed by atoms with Crippen molar-refractivity contribution in [3.05, 3.63) is 0 Å². The van der Waals surface area contributed by atoms with Crippen molar-refractivity contribution >= 4 is 11.8 Å². The molecule has 94 valence electrons. The van der Waals surface area contributed by atoms with Crippen LogP contribution in [0.5, 0.6) is 0 Å². The Balaban J connectivity index is 3.04. The van der Waals surface area contributed by atoms with E-state index in [9.17, 15) is 9.59 Å². The molecule has 0 rings (SSSR count). The monoisotopic (exact) mass is 233 g/mol. The standard InChI is InChI=1S/C9H19N3O4/c1-8(13)11-3-5-16-7-6-15-4-2-9(14)12-10/h2-7,10H2,1H3,(H,11,13)(H,12,14). The molecule has 16 heavy (non-hydrogen) atoms. The number of rotatable bonds is 9. The van der Waals surface area contributed by atoms with Gasteiger partial charge in [-0.1, -0.05) is 0 Å². The molecular weight excluding hydrogens is 214 g/mol. The van der Waals surface area contributed by atoms with Crippen molar-refractivity contribution in [3.8, 4) is 0 Å². The van der Waals surface area contributed by atoms with Gasteiger partial charge in [0, 0.05) is 13.5 Å². The van der Waals surface area contributed by atoms with Gasteiger partial charge in [0.25, 0.3) is 0 Å². The van der Waals surface area contributed by atoms with Crippen LogP contribution in [0.25, 0.3) is 0 Å². The van der Waals surface area contributed by atoms with Crippen molar-refractivity contribution < 1.29 is 19.1 Å². The Morgan fingerprint density at radius 2 is 1.75 bits per heavy atom. The Kier molecular flexibility index (Phi) is 9.58. The molecule has 0 aromatic heterocycles. The lowest BCUT2D eigenvalue weighted by Gasteiger charge is -2.05. The van der Waals surface area contributed by atoms with Gasteiger partial charge in [-0.3, -0.25) is 15.0 Å². The van der Waals surface area contributed by atoms with Crippen LogP contribution in [-0.4, -0.2) is 44.8 Å². The van der Waals surface area contributed by atoms with Gasteiger partial charge in [0.2, 0.25) is 11.8 Å². The highest BCUT2D eigenvalue weighted by molar-refractivity contribution is 5.75. The minimum absolute atomic E-state index is 0.0763. The summed E-state index contributed by atoms with van der Waals surface area (Å²) in [5.41, 5.74) is 2.00. The van der Waals surface area contributed by atoms with Crippen LogP contribution in [0.2, 0.25) is 0 Å². The first-order chi connectivity index (χ1) is 7.66. The van der Waals surface area contributed by atoms with Crippen molar-refractivity contribution in [2.75, 3.05) is 33.0 Å². The van der Waals surface area contributed by atoms with Gasteiger partial charge in [-0.25, -0.2) is 5.84 Å². The molecule has 0 saturated carbocycles. The van der Waals surface area contributed by atoms with E-state index >= 15 is 0 Å². The maximum atomic E-state index is 10.7. The molecule has 0 fully saturated rings. The van der Waals surface area contributed by atoms with Crippen LogP contribution in [0.15, 0.2) is 0 Å². The number of nitrogens with two attached hydrogens (primary N) is 1. The second-order valence-electron chi connectivity index (χ2n) is 3.03. The second-order valence-corrected chi connectivity index (χ2v) is 3.03. The van der Waals surface area contributed by atoms with Gasteiger partial charge >= 0.3 is 0 Å². The largest absolute Gasteiger partial charge is 0.379 e. The molecular formula is C9H19N3O4. The SMILES string of the molecule is CC(=O)NCCOCCOCCC(=O)NN. The molecule has 0 heterocycles. The zero-order chi connectivity index (χ0) is 12.2. The fourth-order valence-corrected chi connectivity index (χ4v) is 0.858. The number of amides is 2. The lowest BCUT2D eigenvalue weighted by atomic mass is 10.4. The molecule has 0 aliphatic carbocycles. The zero-order valence-corrected chi connectivity index (χ0v) is 9.45. The number of carbonyl (C=O) groups is 2. The van der Waals surface area contributed by atoms with Gasteiger partial charge in [-0.2, -0.15) is 0 Å². The summed E-state index contributed by atoms with van der Waals surface area (Å²) in [6.07, 6.45) is 0.238. The van der Waals surface area contributed by atoms with Crippen molar-refractivity contribution in [2.24, 2.45) is 5.84 Å². The second kappa shape index (κ2) is 10.3. The highest BCUT2D eigenvalue weighted by Crippen LogP contribution is 1.83. The van der Waals surface area contributed by atoms with Crippen LogP contribution in [0.1, 0.15) is 13.3 Å². The molecule has 7 heteroatoms. The zero-order valence-electron chi connectivity index (χ0n) is 9.45. The maximum absolute atomic E-state index is 10.7. The van der Waals surface area contributed by atoms with E-state index in [1.807, 2.05) is 5.43 Å². The van der Waals surface area contributed by atoms with Crippen LogP contribution in [0.4, 0.5) is 0 Å². The number of ether oxygens (including phenoxy) is 2. The topological polar surface area (TPSA) is 103 Å². The molecule has 0 bridgehead atoms. The molecule has 0 radical (unpaired) electrons.